The Kier molecular flexibility index (Phi) is 7.06. The number of halogens is 1. The van der Waals surface area contributed by atoms with Gasteiger partial charge in [0.1, 0.15) is 12.4 Å². The summed E-state index contributed by atoms with van der Waals surface area (Å²) in [6, 6.07) is 6.43. The van der Waals surface area contributed by atoms with Crippen LogP contribution in [-0.4, -0.2) is 62.6 Å². The molecule has 9 nitrogen and oxygen atoms in total. The van der Waals surface area contributed by atoms with E-state index in [2.05, 4.69) is 20.6 Å². The second-order valence-electron chi connectivity index (χ2n) is 8.76. The average Bonchev–Trinajstić information content (AvgIpc) is 3.23. The number of pyridine rings is 1. The lowest BCUT2D eigenvalue weighted by Crippen LogP contribution is -2.35. The molecule has 1 amide bonds. The fraction of sp³-hybridized carbons (Fsp3) is 0.385. The Bertz CT molecular complexity index is 1240. The lowest BCUT2D eigenvalue weighted by molar-refractivity contribution is -0.0720. The number of aromatic nitrogens is 2. The molecule has 1 fully saturated rings. The van der Waals surface area contributed by atoms with Crippen molar-refractivity contribution in [1.29, 1.82) is 0 Å². The molecule has 2 aliphatic heterocycles. The molecule has 0 bridgehead atoms. The van der Waals surface area contributed by atoms with Crippen LogP contribution in [-0.2, 0) is 9.47 Å². The topological polar surface area (TPSA) is 107 Å². The van der Waals surface area contributed by atoms with Gasteiger partial charge in [-0.25, -0.2) is 4.39 Å². The highest BCUT2D eigenvalue weighted by atomic mass is 19.1. The Balaban J connectivity index is 1.62. The van der Waals surface area contributed by atoms with Crippen molar-refractivity contribution in [3.63, 3.8) is 0 Å². The van der Waals surface area contributed by atoms with E-state index < -0.39 is 5.82 Å². The summed E-state index contributed by atoms with van der Waals surface area (Å²) in [5.74, 6) is -0.118. The number of amides is 1. The predicted octanol–water partition coefficient (Wildman–Crippen LogP) is 4.00. The molecule has 2 aliphatic rings. The largest absolute Gasteiger partial charge is 0.492 e. The van der Waals surface area contributed by atoms with E-state index in [0.29, 0.717) is 54.6 Å². The summed E-state index contributed by atoms with van der Waals surface area (Å²) < 4.78 is 36.7. The monoisotopic (exact) mass is 496 g/mol. The van der Waals surface area contributed by atoms with Crippen LogP contribution in [0, 0.1) is 5.82 Å². The van der Waals surface area contributed by atoms with Gasteiger partial charge < -0.3 is 34.6 Å². The lowest BCUT2D eigenvalue weighted by Gasteiger charge is -2.26. The minimum Gasteiger partial charge on any atom is -0.492 e. The van der Waals surface area contributed by atoms with E-state index >= 15 is 0 Å². The maximum atomic E-state index is 14.5. The molecule has 0 radical (unpaired) electrons. The van der Waals surface area contributed by atoms with E-state index in [1.807, 2.05) is 6.07 Å². The average molecular weight is 497 g/mol. The van der Waals surface area contributed by atoms with E-state index in [4.69, 9.17) is 18.9 Å². The van der Waals surface area contributed by atoms with Gasteiger partial charge in [-0.05, 0) is 24.6 Å². The number of rotatable bonds is 10. The van der Waals surface area contributed by atoms with Crippen molar-refractivity contribution in [2.75, 3.05) is 45.9 Å². The first-order chi connectivity index (χ1) is 17.6. The molecule has 0 saturated carbocycles. The van der Waals surface area contributed by atoms with Crippen molar-refractivity contribution in [1.82, 2.24) is 15.3 Å². The molecule has 3 aromatic rings. The Hall–Kier alpha value is -3.63. The summed E-state index contributed by atoms with van der Waals surface area (Å²) in [6.45, 7) is 2.16. The van der Waals surface area contributed by atoms with Gasteiger partial charge in [-0.15, -0.1) is 0 Å². The number of hydrogen-bond donors (Lipinski definition) is 3. The van der Waals surface area contributed by atoms with Crippen molar-refractivity contribution < 1.29 is 28.1 Å². The van der Waals surface area contributed by atoms with Gasteiger partial charge in [-0.2, -0.15) is 0 Å². The molecular weight excluding hydrogens is 467 g/mol. The number of ether oxygens (including phenoxy) is 4. The molecule has 3 N–H and O–H groups in total. The minimum absolute atomic E-state index is 0.0101. The number of nitrogens with zero attached hydrogens (tertiary/aromatic N) is 1. The molecule has 2 atom stereocenters. The van der Waals surface area contributed by atoms with Crippen LogP contribution in [0.1, 0.15) is 34.8 Å². The number of fused-ring (bicyclic) bond motifs is 1. The summed E-state index contributed by atoms with van der Waals surface area (Å²) in [7, 11) is 3.06. The summed E-state index contributed by atoms with van der Waals surface area (Å²) >= 11 is 0. The molecule has 190 valence electrons. The first-order valence-electron chi connectivity index (χ1n) is 11.9. The number of H-pyrrole nitrogens is 1. The number of para-hydroxylation sites is 1. The normalized spacial score (nSPS) is 18.7. The van der Waals surface area contributed by atoms with Crippen molar-refractivity contribution in [2.45, 2.75) is 24.9 Å². The van der Waals surface area contributed by atoms with Gasteiger partial charge in [0, 0.05) is 56.7 Å². The van der Waals surface area contributed by atoms with Crippen molar-refractivity contribution in [2.24, 2.45) is 0 Å². The van der Waals surface area contributed by atoms with Crippen LogP contribution in [0.2, 0.25) is 0 Å². The molecule has 36 heavy (non-hydrogen) atoms. The molecule has 0 spiro atoms. The standard InChI is InChI=1S/C26H29FN4O5/c1-33-10-7-15-12-29-26(32)21-22(15)31-23(24(21)30-19-5-3-4-18(27)25(19)34-2)17-6-9-28-13-20(17)36-14-16-8-11-35-16/h3-6,9,13,15-16,30-31H,7-8,10-12,14H2,1-2H3,(H,29,32). The van der Waals surface area contributed by atoms with Crippen LogP contribution >= 0.6 is 0 Å². The van der Waals surface area contributed by atoms with E-state index in [-0.39, 0.29) is 23.7 Å². The van der Waals surface area contributed by atoms with Crippen molar-refractivity contribution >= 4 is 17.3 Å². The zero-order valence-corrected chi connectivity index (χ0v) is 20.2. The van der Waals surface area contributed by atoms with Crippen molar-refractivity contribution in [3.8, 4) is 22.8 Å². The first kappa shape index (κ1) is 24.1. The molecule has 5 rings (SSSR count). The highest BCUT2D eigenvalue weighted by Gasteiger charge is 2.34. The quantitative estimate of drug-likeness (QED) is 0.390. The van der Waals surface area contributed by atoms with E-state index in [1.54, 1.807) is 31.6 Å². The zero-order valence-electron chi connectivity index (χ0n) is 20.2. The molecule has 10 heteroatoms. The second kappa shape index (κ2) is 10.5. The predicted molar refractivity (Wildman–Crippen MR) is 132 cm³/mol. The van der Waals surface area contributed by atoms with Crippen molar-refractivity contribution in [3.05, 3.63) is 53.7 Å². The van der Waals surface area contributed by atoms with Crippen LogP contribution in [0.15, 0.2) is 36.7 Å². The number of hydrogen-bond acceptors (Lipinski definition) is 7. The lowest BCUT2D eigenvalue weighted by atomic mass is 9.93. The van der Waals surface area contributed by atoms with Gasteiger partial charge >= 0.3 is 0 Å². The SMILES string of the molecule is COCCC1CNC(=O)c2c1[nH]c(-c1ccncc1OCC1CCO1)c2Nc1cccc(F)c1OC. The van der Waals surface area contributed by atoms with Crippen LogP contribution in [0.3, 0.4) is 0 Å². The third kappa shape index (κ3) is 4.61. The maximum Gasteiger partial charge on any atom is 0.255 e. The van der Waals surface area contributed by atoms with Crippen LogP contribution in [0.5, 0.6) is 11.5 Å². The minimum atomic E-state index is -0.510. The van der Waals surface area contributed by atoms with E-state index in [0.717, 1.165) is 24.3 Å². The van der Waals surface area contributed by atoms with E-state index in [9.17, 15) is 9.18 Å². The van der Waals surface area contributed by atoms with Gasteiger partial charge in [-0.1, -0.05) is 6.07 Å². The maximum absolute atomic E-state index is 14.5. The van der Waals surface area contributed by atoms with Crippen LogP contribution < -0.4 is 20.1 Å². The smallest absolute Gasteiger partial charge is 0.255 e. The summed E-state index contributed by atoms with van der Waals surface area (Å²) in [5, 5.41) is 6.25. The fourth-order valence-corrected chi connectivity index (χ4v) is 4.55. The third-order valence-electron chi connectivity index (χ3n) is 6.55. The number of carbonyl (C=O) groups is 1. The molecule has 0 aliphatic carbocycles. The number of benzene rings is 1. The van der Waals surface area contributed by atoms with Crippen LogP contribution in [0.25, 0.3) is 11.3 Å². The summed E-state index contributed by atoms with van der Waals surface area (Å²) in [6.07, 6.45) is 5.01. The molecule has 1 aromatic carbocycles. The number of methoxy groups -OCH3 is 2. The Labute approximate surface area is 208 Å². The second-order valence-corrected chi connectivity index (χ2v) is 8.76. The molecule has 2 unspecified atom stereocenters. The molecular formula is C26H29FN4O5. The molecule has 1 saturated heterocycles. The molecule has 2 aromatic heterocycles. The van der Waals surface area contributed by atoms with Gasteiger partial charge in [0.15, 0.2) is 11.6 Å². The zero-order chi connectivity index (χ0) is 25.1. The fourth-order valence-electron chi connectivity index (χ4n) is 4.55. The number of carbonyl (C=O) groups excluding carboxylic acids is 1. The summed E-state index contributed by atoms with van der Waals surface area (Å²) in [4.78, 5) is 20.9. The first-order valence-corrected chi connectivity index (χ1v) is 11.9. The Morgan fingerprint density at radius 3 is 2.89 bits per heavy atom. The molecule has 4 heterocycles. The Morgan fingerprint density at radius 1 is 1.28 bits per heavy atom. The Morgan fingerprint density at radius 2 is 2.14 bits per heavy atom. The van der Waals surface area contributed by atoms with E-state index in [1.165, 1.54) is 13.2 Å². The number of anilines is 2. The van der Waals surface area contributed by atoms with Gasteiger partial charge in [0.2, 0.25) is 0 Å². The number of nitrogens with one attached hydrogen (secondary N) is 3. The van der Waals surface area contributed by atoms with Gasteiger partial charge in [-0.3, -0.25) is 9.78 Å². The third-order valence-corrected chi connectivity index (χ3v) is 6.55. The van der Waals surface area contributed by atoms with Gasteiger partial charge in [0.25, 0.3) is 5.91 Å². The van der Waals surface area contributed by atoms with Crippen LogP contribution in [0.4, 0.5) is 15.8 Å². The van der Waals surface area contributed by atoms with Gasteiger partial charge in [0.05, 0.1) is 42.0 Å². The summed E-state index contributed by atoms with van der Waals surface area (Å²) in [5.41, 5.74) is 3.51. The number of aromatic amines is 1. The highest BCUT2D eigenvalue weighted by molar-refractivity contribution is 6.07. The highest BCUT2D eigenvalue weighted by Crippen LogP contribution is 2.44.